The summed E-state index contributed by atoms with van der Waals surface area (Å²) in [6, 6.07) is 12.4. The van der Waals surface area contributed by atoms with Gasteiger partial charge in [-0.1, -0.05) is 18.2 Å². The van der Waals surface area contributed by atoms with E-state index in [-0.39, 0.29) is 25.2 Å². The van der Waals surface area contributed by atoms with Gasteiger partial charge in [0, 0.05) is 6.54 Å². The van der Waals surface area contributed by atoms with Gasteiger partial charge in [0.15, 0.2) is 11.5 Å². The summed E-state index contributed by atoms with van der Waals surface area (Å²) in [5.41, 5.74) is 1.29. The number of carbonyl (C=O) groups excluding carboxylic acids is 2. The van der Waals surface area contributed by atoms with Crippen LogP contribution in [0.5, 0.6) is 17.2 Å². The number of amides is 2. The van der Waals surface area contributed by atoms with E-state index in [1.54, 1.807) is 30.3 Å². The predicted molar refractivity (Wildman–Crippen MR) is 94.4 cm³/mol. The Hall–Kier alpha value is -3.22. The van der Waals surface area contributed by atoms with Crippen molar-refractivity contribution in [1.82, 2.24) is 10.6 Å². The van der Waals surface area contributed by atoms with E-state index in [0.29, 0.717) is 36.0 Å². The van der Waals surface area contributed by atoms with Crippen molar-refractivity contribution in [3.63, 3.8) is 0 Å². The second-order valence-corrected chi connectivity index (χ2v) is 5.58. The summed E-state index contributed by atoms with van der Waals surface area (Å²) in [5.74, 6) is 1.21. The Labute approximate surface area is 151 Å². The quantitative estimate of drug-likeness (QED) is 0.791. The predicted octanol–water partition coefficient (Wildman–Crippen LogP) is 1.86. The van der Waals surface area contributed by atoms with E-state index in [1.807, 2.05) is 19.1 Å². The smallest absolute Gasteiger partial charge is 0.255 e. The third-order valence-corrected chi connectivity index (χ3v) is 3.77. The van der Waals surface area contributed by atoms with Crippen LogP contribution in [0.2, 0.25) is 0 Å². The number of carbonyl (C=O) groups is 2. The normalized spacial score (nSPS) is 11.7. The summed E-state index contributed by atoms with van der Waals surface area (Å²) in [6.07, 6.45) is 0. The highest BCUT2D eigenvalue weighted by Crippen LogP contribution is 2.32. The van der Waals surface area contributed by atoms with Gasteiger partial charge in [0.1, 0.15) is 5.75 Å². The zero-order chi connectivity index (χ0) is 18.4. The molecule has 2 aromatic rings. The molecule has 0 saturated heterocycles. The first-order valence-corrected chi connectivity index (χ1v) is 8.32. The molecule has 0 fully saturated rings. The molecule has 2 N–H and O–H groups in total. The zero-order valence-electron chi connectivity index (χ0n) is 14.4. The topological polar surface area (TPSA) is 85.9 Å². The van der Waals surface area contributed by atoms with Crippen LogP contribution in [0, 0.1) is 0 Å². The van der Waals surface area contributed by atoms with Crippen molar-refractivity contribution in [2.75, 3.05) is 19.9 Å². The zero-order valence-corrected chi connectivity index (χ0v) is 14.4. The Morgan fingerprint density at radius 1 is 1.08 bits per heavy atom. The van der Waals surface area contributed by atoms with Crippen LogP contribution in [0.15, 0.2) is 42.5 Å². The standard InChI is InChI=1S/C19H20N2O5/c1-2-24-15-6-4-3-5-14(15)19(23)21-11-18(22)20-10-13-7-8-16-17(9-13)26-12-25-16/h3-9H,2,10-12H2,1H3,(H,20,22)(H,21,23). The molecule has 0 aliphatic carbocycles. The molecule has 1 aliphatic rings. The first kappa shape index (κ1) is 17.6. The lowest BCUT2D eigenvalue weighted by Gasteiger charge is -2.11. The Bertz CT molecular complexity index is 806. The minimum atomic E-state index is -0.354. The molecule has 2 amide bonds. The maximum Gasteiger partial charge on any atom is 0.255 e. The Morgan fingerprint density at radius 3 is 2.73 bits per heavy atom. The van der Waals surface area contributed by atoms with Gasteiger partial charge in [0.25, 0.3) is 5.91 Å². The molecule has 0 bridgehead atoms. The molecule has 7 heteroatoms. The summed E-state index contributed by atoms with van der Waals surface area (Å²) in [4.78, 5) is 24.2. The molecular weight excluding hydrogens is 336 g/mol. The lowest BCUT2D eigenvalue weighted by molar-refractivity contribution is -0.120. The summed E-state index contributed by atoms with van der Waals surface area (Å²) < 4.78 is 16.0. The highest BCUT2D eigenvalue weighted by Gasteiger charge is 2.15. The number of benzene rings is 2. The summed E-state index contributed by atoms with van der Waals surface area (Å²) in [5, 5.41) is 5.36. The number of nitrogens with one attached hydrogen (secondary N) is 2. The van der Waals surface area contributed by atoms with Crippen LogP contribution in [0.4, 0.5) is 0 Å². The lowest BCUT2D eigenvalue weighted by atomic mass is 10.2. The van der Waals surface area contributed by atoms with Gasteiger partial charge in [0.05, 0.1) is 18.7 Å². The number of hydrogen-bond acceptors (Lipinski definition) is 5. The Kier molecular flexibility index (Phi) is 5.58. The van der Waals surface area contributed by atoms with E-state index in [2.05, 4.69) is 10.6 Å². The fourth-order valence-electron chi connectivity index (χ4n) is 2.51. The summed E-state index contributed by atoms with van der Waals surface area (Å²) in [7, 11) is 0. The third-order valence-electron chi connectivity index (χ3n) is 3.77. The average Bonchev–Trinajstić information content (AvgIpc) is 3.13. The van der Waals surface area contributed by atoms with Gasteiger partial charge in [-0.25, -0.2) is 0 Å². The molecule has 1 aliphatic heterocycles. The monoisotopic (exact) mass is 356 g/mol. The summed E-state index contributed by atoms with van der Waals surface area (Å²) >= 11 is 0. The first-order valence-electron chi connectivity index (χ1n) is 8.32. The molecule has 136 valence electrons. The molecule has 2 aromatic carbocycles. The molecule has 3 rings (SSSR count). The second kappa shape index (κ2) is 8.24. The van der Waals surface area contributed by atoms with Gasteiger partial charge in [0.2, 0.25) is 12.7 Å². The van der Waals surface area contributed by atoms with Gasteiger partial charge >= 0.3 is 0 Å². The molecule has 0 aromatic heterocycles. The van der Waals surface area contributed by atoms with Crippen molar-refractivity contribution >= 4 is 11.8 Å². The Balaban J connectivity index is 1.49. The molecular formula is C19H20N2O5. The van der Waals surface area contributed by atoms with Crippen molar-refractivity contribution in [3.8, 4) is 17.2 Å². The summed E-state index contributed by atoms with van der Waals surface area (Å²) in [6.45, 7) is 2.73. The highest BCUT2D eigenvalue weighted by molar-refractivity contribution is 5.98. The van der Waals surface area contributed by atoms with Crippen molar-refractivity contribution in [2.24, 2.45) is 0 Å². The van der Waals surface area contributed by atoms with Crippen LogP contribution in [0.25, 0.3) is 0 Å². The van der Waals surface area contributed by atoms with E-state index < -0.39 is 0 Å². The van der Waals surface area contributed by atoms with Crippen LogP contribution in [0.3, 0.4) is 0 Å². The molecule has 0 saturated carbocycles. The van der Waals surface area contributed by atoms with Gasteiger partial charge < -0.3 is 24.8 Å². The fourth-order valence-corrected chi connectivity index (χ4v) is 2.51. The number of fused-ring (bicyclic) bond motifs is 1. The van der Waals surface area contributed by atoms with E-state index in [1.165, 1.54) is 0 Å². The van der Waals surface area contributed by atoms with Crippen LogP contribution in [-0.4, -0.2) is 31.8 Å². The minimum absolute atomic E-state index is 0.121. The fraction of sp³-hybridized carbons (Fsp3) is 0.263. The van der Waals surface area contributed by atoms with Crippen molar-refractivity contribution in [2.45, 2.75) is 13.5 Å². The number of rotatable bonds is 7. The molecule has 1 heterocycles. The van der Waals surface area contributed by atoms with Crippen molar-refractivity contribution in [1.29, 1.82) is 0 Å². The molecule has 7 nitrogen and oxygen atoms in total. The van der Waals surface area contributed by atoms with Gasteiger partial charge in [-0.3, -0.25) is 9.59 Å². The molecule has 0 atom stereocenters. The molecule has 0 radical (unpaired) electrons. The number of hydrogen-bond donors (Lipinski definition) is 2. The number of ether oxygens (including phenoxy) is 3. The van der Waals surface area contributed by atoms with Gasteiger partial charge in [-0.2, -0.15) is 0 Å². The van der Waals surface area contributed by atoms with Crippen LogP contribution in [0.1, 0.15) is 22.8 Å². The molecule has 0 spiro atoms. The van der Waals surface area contributed by atoms with E-state index in [0.717, 1.165) is 5.56 Å². The van der Waals surface area contributed by atoms with Gasteiger partial charge in [-0.05, 0) is 36.8 Å². The molecule has 26 heavy (non-hydrogen) atoms. The van der Waals surface area contributed by atoms with Crippen molar-refractivity contribution in [3.05, 3.63) is 53.6 Å². The van der Waals surface area contributed by atoms with Crippen LogP contribution < -0.4 is 24.8 Å². The van der Waals surface area contributed by atoms with Gasteiger partial charge in [-0.15, -0.1) is 0 Å². The highest BCUT2D eigenvalue weighted by atomic mass is 16.7. The number of para-hydroxylation sites is 1. The Morgan fingerprint density at radius 2 is 1.88 bits per heavy atom. The largest absolute Gasteiger partial charge is 0.493 e. The first-order chi connectivity index (χ1) is 12.7. The molecule has 0 unspecified atom stereocenters. The van der Waals surface area contributed by atoms with Crippen LogP contribution >= 0.6 is 0 Å². The third kappa shape index (κ3) is 4.24. The maximum atomic E-state index is 12.2. The second-order valence-electron chi connectivity index (χ2n) is 5.58. The van der Waals surface area contributed by atoms with E-state index in [4.69, 9.17) is 14.2 Å². The van der Waals surface area contributed by atoms with Crippen molar-refractivity contribution < 1.29 is 23.8 Å². The average molecular weight is 356 g/mol. The SMILES string of the molecule is CCOc1ccccc1C(=O)NCC(=O)NCc1ccc2c(c1)OCO2. The van der Waals surface area contributed by atoms with Crippen LogP contribution in [-0.2, 0) is 11.3 Å². The lowest BCUT2D eigenvalue weighted by Crippen LogP contribution is -2.36. The minimum Gasteiger partial charge on any atom is -0.493 e. The van der Waals surface area contributed by atoms with E-state index in [9.17, 15) is 9.59 Å². The van der Waals surface area contributed by atoms with E-state index >= 15 is 0 Å². The maximum absolute atomic E-state index is 12.2.